The Bertz CT molecular complexity index is 307. The van der Waals surface area contributed by atoms with E-state index in [4.69, 9.17) is 5.73 Å². The first-order chi connectivity index (χ1) is 7.67. The Morgan fingerprint density at radius 3 is 2.88 bits per heavy atom. The Morgan fingerprint density at radius 2 is 2.38 bits per heavy atom. The minimum absolute atomic E-state index is 0.0502. The van der Waals surface area contributed by atoms with Gasteiger partial charge in [0, 0.05) is 29.8 Å². The average molecular weight is 240 g/mol. The van der Waals surface area contributed by atoms with Gasteiger partial charge in [0.05, 0.1) is 0 Å². The molecule has 3 N–H and O–H groups in total. The van der Waals surface area contributed by atoms with Crippen molar-refractivity contribution in [3.63, 3.8) is 0 Å². The maximum atomic E-state index is 11.8. The molecule has 0 spiro atoms. The zero-order chi connectivity index (χ0) is 12.0. The summed E-state index contributed by atoms with van der Waals surface area (Å²) in [5.74, 6) is 0.0276. The lowest BCUT2D eigenvalue weighted by Crippen LogP contribution is -2.40. The van der Waals surface area contributed by atoms with Crippen LogP contribution < -0.4 is 11.1 Å². The number of carbonyl (C=O) groups is 1. The molecule has 0 saturated carbocycles. The summed E-state index contributed by atoms with van der Waals surface area (Å²) in [6, 6.07) is 4.29. The van der Waals surface area contributed by atoms with E-state index in [1.807, 2.05) is 19.9 Å². The van der Waals surface area contributed by atoms with Crippen molar-refractivity contribution in [3.05, 3.63) is 22.4 Å². The number of carbonyl (C=O) groups excluding carboxylic acids is 1. The van der Waals surface area contributed by atoms with Gasteiger partial charge in [-0.15, -0.1) is 11.3 Å². The van der Waals surface area contributed by atoms with Gasteiger partial charge in [-0.25, -0.2) is 0 Å². The Labute approximate surface area is 101 Å². The first kappa shape index (κ1) is 13.2. The van der Waals surface area contributed by atoms with Gasteiger partial charge in [-0.3, -0.25) is 4.79 Å². The van der Waals surface area contributed by atoms with Crippen molar-refractivity contribution in [3.8, 4) is 0 Å². The molecule has 0 aromatic carbocycles. The molecule has 0 aliphatic heterocycles. The second-order valence-corrected chi connectivity index (χ2v) is 5.07. The minimum atomic E-state index is -0.0502. The molecule has 2 atom stereocenters. The maximum absolute atomic E-state index is 11.8. The summed E-state index contributed by atoms with van der Waals surface area (Å²) >= 11 is 1.72. The predicted molar refractivity (Wildman–Crippen MR) is 68.5 cm³/mol. The fourth-order valence-electron chi connectivity index (χ4n) is 1.60. The van der Waals surface area contributed by atoms with E-state index >= 15 is 0 Å². The fraction of sp³-hybridized carbons (Fsp3) is 0.583. The van der Waals surface area contributed by atoms with Crippen LogP contribution in [0.5, 0.6) is 0 Å². The van der Waals surface area contributed by atoms with Crippen molar-refractivity contribution in [2.75, 3.05) is 6.54 Å². The third-order valence-corrected chi connectivity index (χ3v) is 3.52. The third kappa shape index (κ3) is 3.94. The van der Waals surface area contributed by atoms with Crippen LogP contribution in [0.3, 0.4) is 0 Å². The van der Waals surface area contributed by atoms with Crippen molar-refractivity contribution in [2.24, 2.45) is 11.7 Å². The topological polar surface area (TPSA) is 55.1 Å². The highest BCUT2D eigenvalue weighted by molar-refractivity contribution is 7.09. The number of amides is 1. The van der Waals surface area contributed by atoms with Crippen molar-refractivity contribution in [2.45, 2.75) is 32.7 Å². The van der Waals surface area contributed by atoms with E-state index in [0.29, 0.717) is 6.54 Å². The first-order valence-corrected chi connectivity index (χ1v) is 6.58. The van der Waals surface area contributed by atoms with Crippen molar-refractivity contribution in [1.29, 1.82) is 0 Å². The van der Waals surface area contributed by atoms with Gasteiger partial charge in [0.15, 0.2) is 0 Å². The second kappa shape index (κ2) is 6.66. The van der Waals surface area contributed by atoms with Gasteiger partial charge in [0.25, 0.3) is 0 Å². The molecule has 0 bridgehead atoms. The zero-order valence-electron chi connectivity index (χ0n) is 9.90. The number of nitrogens with one attached hydrogen (secondary N) is 1. The standard InChI is InChI=1S/C12H20N2OS/c1-3-10(8-13)12(15)14-9(2)7-11-5-4-6-16-11/h4-6,9-10H,3,7-8,13H2,1-2H3,(H,14,15). The zero-order valence-corrected chi connectivity index (χ0v) is 10.7. The van der Waals surface area contributed by atoms with E-state index < -0.39 is 0 Å². The molecule has 3 nitrogen and oxygen atoms in total. The van der Waals surface area contributed by atoms with Gasteiger partial charge in [-0.05, 0) is 24.8 Å². The fourth-order valence-corrected chi connectivity index (χ4v) is 2.44. The van der Waals surface area contributed by atoms with Crippen molar-refractivity contribution in [1.82, 2.24) is 5.32 Å². The van der Waals surface area contributed by atoms with Crippen LogP contribution in [0, 0.1) is 5.92 Å². The summed E-state index contributed by atoms with van der Waals surface area (Å²) in [4.78, 5) is 13.1. The molecule has 0 radical (unpaired) electrons. The van der Waals surface area contributed by atoms with E-state index in [1.54, 1.807) is 11.3 Å². The van der Waals surface area contributed by atoms with Crippen LogP contribution in [-0.2, 0) is 11.2 Å². The number of thiophene rings is 1. The number of rotatable bonds is 6. The Hall–Kier alpha value is -0.870. The quantitative estimate of drug-likeness (QED) is 0.796. The lowest BCUT2D eigenvalue weighted by atomic mass is 10.1. The van der Waals surface area contributed by atoms with Crippen LogP contribution >= 0.6 is 11.3 Å². The largest absolute Gasteiger partial charge is 0.353 e. The third-order valence-electron chi connectivity index (χ3n) is 2.62. The molecule has 1 aromatic rings. The molecular formula is C12H20N2OS. The van der Waals surface area contributed by atoms with Crippen LogP contribution in [0.2, 0.25) is 0 Å². The molecular weight excluding hydrogens is 220 g/mol. The molecule has 1 amide bonds. The molecule has 2 unspecified atom stereocenters. The summed E-state index contributed by atoms with van der Waals surface area (Å²) in [5, 5.41) is 5.06. The van der Waals surface area contributed by atoms with Gasteiger partial charge in [0.1, 0.15) is 0 Å². The molecule has 0 aliphatic carbocycles. The van der Waals surface area contributed by atoms with Crippen molar-refractivity contribution >= 4 is 17.2 Å². The normalized spacial score (nSPS) is 14.4. The van der Waals surface area contributed by atoms with Crippen LogP contribution in [0.15, 0.2) is 17.5 Å². The van der Waals surface area contributed by atoms with Gasteiger partial charge in [-0.2, -0.15) is 0 Å². The Balaban J connectivity index is 2.39. The summed E-state index contributed by atoms with van der Waals surface area (Å²) in [6.07, 6.45) is 1.69. The molecule has 4 heteroatoms. The number of hydrogen-bond acceptors (Lipinski definition) is 3. The first-order valence-electron chi connectivity index (χ1n) is 5.70. The monoisotopic (exact) mass is 240 g/mol. The smallest absolute Gasteiger partial charge is 0.224 e. The highest BCUT2D eigenvalue weighted by Crippen LogP contribution is 2.11. The van der Waals surface area contributed by atoms with Crippen LogP contribution in [0.25, 0.3) is 0 Å². The molecule has 0 fully saturated rings. The van der Waals surface area contributed by atoms with E-state index in [-0.39, 0.29) is 17.9 Å². The lowest BCUT2D eigenvalue weighted by Gasteiger charge is -2.17. The Kier molecular flexibility index (Phi) is 5.49. The summed E-state index contributed by atoms with van der Waals surface area (Å²) in [5.41, 5.74) is 5.54. The molecule has 0 aliphatic rings. The molecule has 1 rings (SSSR count). The van der Waals surface area contributed by atoms with Gasteiger partial charge >= 0.3 is 0 Å². The summed E-state index contributed by atoms with van der Waals surface area (Å²) in [6.45, 7) is 4.44. The number of nitrogens with two attached hydrogens (primary N) is 1. The molecule has 0 saturated heterocycles. The van der Waals surface area contributed by atoms with E-state index in [2.05, 4.69) is 16.8 Å². The van der Waals surface area contributed by atoms with E-state index in [0.717, 1.165) is 12.8 Å². The maximum Gasteiger partial charge on any atom is 0.224 e. The molecule has 90 valence electrons. The average Bonchev–Trinajstić information content (AvgIpc) is 2.71. The lowest BCUT2D eigenvalue weighted by molar-refractivity contribution is -0.125. The van der Waals surface area contributed by atoms with Crippen LogP contribution in [0.1, 0.15) is 25.1 Å². The second-order valence-electron chi connectivity index (χ2n) is 4.03. The van der Waals surface area contributed by atoms with Crippen LogP contribution in [0.4, 0.5) is 0 Å². The van der Waals surface area contributed by atoms with E-state index in [1.165, 1.54) is 4.88 Å². The molecule has 1 heterocycles. The number of hydrogen-bond donors (Lipinski definition) is 2. The predicted octanol–water partition coefficient (Wildman–Crippen LogP) is 1.78. The SMILES string of the molecule is CCC(CN)C(=O)NC(C)Cc1cccs1. The van der Waals surface area contributed by atoms with Crippen LogP contribution in [-0.4, -0.2) is 18.5 Å². The minimum Gasteiger partial charge on any atom is -0.353 e. The Morgan fingerprint density at radius 1 is 1.62 bits per heavy atom. The molecule has 16 heavy (non-hydrogen) atoms. The summed E-state index contributed by atoms with van der Waals surface area (Å²) in [7, 11) is 0. The van der Waals surface area contributed by atoms with Crippen molar-refractivity contribution < 1.29 is 4.79 Å². The highest BCUT2D eigenvalue weighted by atomic mass is 32.1. The molecule has 1 aromatic heterocycles. The highest BCUT2D eigenvalue weighted by Gasteiger charge is 2.16. The van der Waals surface area contributed by atoms with Gasteiger partial charge in [-0.1, -0.05) is 13.0 Å². The summed E-state index contributed by atoms with van der Waals surface area (Å²) < 4.78 is 0. The van der Waals surface area contributed by atoms with E-state index in [9.17, 15) is 4.79 Å². The van der Waals surface area contributed by atoms with Gasteiger partial charge in [0.2, 0.25) is 5.91 Å². The van der Waals surface area contributed by atoms with Gasteiger partial charge < -0.3 is 11.1 Å².